The molecule has 0 unspecified atom stereocenters. The average molecular weight is 256 g/mol. The quantitative estimate of drug-likeness (QED) is 0.646. The van der Waals surface area contributed by atoms with Crippen molar-refractivity contribution in [3.63, 3.8) is 0 Å². The van der Waals surface area contributed by atoms with Crippen molar-refractivity contribution in [2.24, 2.45) is 0 Å². The number of para-hydroxylation sites is 2. The molecule has 5 heteroatoms. The van der Waals surface area contributed by atoms with E-state index in [2.05, 4.69) is 0 Å². The second-order valence-electron chi connectivity index (χ2n) is 3.86. The Kier molecular flexibility index (Phi) is 3.47. The van der Waals surface area contributed by atoms with Crippen molar-refractivity contribution in [2.75, 3.05) is 11.5 Å². The van der Waals surface area contributed by atoms with E-state index in [1.54, 1.807) is 36.4 Å². The molecule has 5 nitrogen and oxygen atoms in total. The maximum atomic E-state index is 10.8. The Morgan fingerprint density at radius 3 is 1.58 bits per heavy atom. The van der Waals surface area contributed by atoms with Crippen molar-refractivity contribution in [3.8, 4) is 11.5 Å². The molecule has 0 amide bonds. The first-order valence-corrected chi connectivity index (χ1v) is 5.52. The van der Waals surface area contributed by atoms with Crippen LogP contribution in [0.5, 0.6) is 11.5 Å². The number of ether oxygens (including phenoxy) is 1. The summed E-state index contributed by atoms with van der Waals surface area (Å²) in [6, 6.07) is 9.70. The van der Waals surface area contributed by atoms with E-state index in [4.69, 9.17) is 16.2 Å². The minimum atomic E-state index is 0.230. The van der Waals surface area contributed by atoms with Gasteiger partial charge in [-0.15, -0.1) is 0 Å². The van der Waals surface area contributed by atoms with E-state index in [9.17, 15) is 9.59 Å². The van der Waals surface area contributed by atoms with E-state index in [0.29, 0.717) is 35.2 Å². The van der Waals surface area contributed by atoms with Crippen LogP contribution in [-0.4, -0.2) is 12.6 Å². The van der Waals surface area contributed by atoms with Gasteiger partial charge >= 0.3 is 0 Å². The number of carbonyl (C=O) groups excluding carboxylic acids is 2. The van der Waals surface area contributed by atoms with Crippen molar-refractivity contribution in [2.45, 2.75) is 0 Å². The molecule has 2 aromatic rings. The molecule has 0 aliphatic rings. The number of carbonyl (C=O) groups is 2. The number of nitrogen functional groups attached to an aromatic ring is 2. The molecule has 4 N–H and O–H groups in total. The molecule has 0 spiro atoms. The van der Waals surface area contributed by atoms with Crippen LogP contribution in [0, 0.1) is 0 Å². The zero-order valence-electron chi connectivity index (χ0n) is 10.00. The Balaban J connectivity index is 2.42. The third kappa shape index (κ3) is 2.40. The predicted octanol–water partition coefficient (Wildman–Crippen LogP) is 2.27. The van der Waals surface area contributed by atoms with Gasteiger partial charge in [0.2, 0.25) is 0 Å². The molecule has 0 radical (unpaired) electrons. The fourth-order valence-electron chi connectivity index (χ4n) is 1.62. The van der Waals surface area contributed by atoms with Crippen molar-refractivity contribution in [1.29, 1.82) is 0 Å². The first-order chi connectivity index (χ1) is 9.17. The minimum Gasteiger partial charge on any atom is -0.453 e. The van der Waals surface area contributed by atoms with Gasteiger partial charge in [0.1, 0.15) is 0 Å². The fraction of sp³-hybridized carbons (Fsp3) is 0. The lowest BCUT2D eigenvalue weighted by atomic mass is 10.1. The first-order valence-electron chi connectivity index (χ1n) is 5.52. The van der Waals surface area contributed by atoms with Crippen molar-refractivity contribution in [1.82, 2.24) is 0 Å². The Bertz CT molecular complexity index is 583. The van der Waals surface area contributed by atoms with Gasteiger partial charge in [-0.2, -0.15) is 0 Å². The summed E-state index contributed by atoms with van der Waals surface area (Å²) in [5.74, 6) is 0.638. The van der Waals surface area contributed by atoms with Crippen LogP contribution in [0.2, 0.25) is 0 Å². The summed E-state index contributed by atoms with van der Waals surface area (Å²) in [4.78, 5) is 21.6. The highest BCUT2D eigenvalue weighted by atomic mass is 16.5. The van der Waals surface area contributed by atoms with Gasteiger partial charge in [0.25, 0.3) is 0 Å². The number of aldehydes is 2. The molecule has 19 heavy (non-hydrogen) atoms. The van der Waals surface area contributed by atoms with Crippen molar-refractivity contribution >= 4 is 23.9 Å². The highest BCUT2D eigenvalue weighted by Crippen LogP contribution is 2.33. The highest BCUT2D eigenvalue weighted by Gasteiger charge is 2.10. The second-order valence-corrected chi connectivity index (χ2v) is 3.86. The summed E-state index contributed by atoms with van der Waals surface area (Å²) in [6.07, 6.45) is 1.29. The van der Waals surface area contributed by atoms with Gasteiger partial charge in [-0.3, -0.25) is 9.59 Å². The lowest BCUT2D eigenvalue weighted by molar-refractivity contribution is 0.111. The van der Waals surface area contributed by atoms with Gasteiger partial charge in [-0.1, -0.05) is 12.1 Å². The Morgan fingerprint density at radius 1 is 0.789 bits per heavy atom. The number of benzene rings is 2. The highest BCUT2D eigenvalue weighted by molar-refractivity contribution is 5.87. The summed E-state index contributed by atoms with van der Waals surface area (Å²) in [5.41, 5.74) is 12.7. The number of hydrogen-bond donors (Lipinski definition) is 2. The summed E-state index contributed by atoms with van der Waals surface area (Å²) in [6.45, 7) is 0. The van der Waals surface area contributed by atoms with Gasteiger partial charge in [0, 0.05) is 11.1 Å². The fourth-order valence-corrected chi connectivity index (χ4v) is 1.62. The SMILES string of the molecule is Nc1c(C=O)cccc1Oc1cccc(C=O)c1N. The Morgan fingerprint density at radius 2 is 1.21 bits per heavy atom. The van der Waals surface area contributed by atoms with Crippen LogP contribution < -0.4 is 16.2 Å². The maximum Gasteiger partial charge on any atom is 0.152 e. The Labute approximate surface area is 109 Å². The molecule has 0 aliphatic carbocycles. The van der Waals surface area contributed by atoms with E-state index in [-0.39, 0.29) is 11.4 Å². The molecule has 0 saturated carbocycles. The maximum absolute atomic E-state index is 10.8. The van der Waals surface area contributed by atoms with Crippen LogP contribution in [0.3, 0.4) is 0 Å². The molecule has 2 aromatic carbocycles. The summed E-state index contributed by atoms with van der Waals surface area (Å²) < 4.78 is 5.56. The van der Waals surface area contributed by atoms with E-state index in [1.165, 1.54) is 0 Å². The summed E-state index contributed by atoms with van der Waals surface area (Å²) in [7, 11) is 0. The monoisotopic (exact) mass is 256 g/mol. The van der Waals surface area contributed by atoms with Crippen molar-refractivity contribution in [3.05, 3.63) is 47.5 Å². The average Bonchev–Trinajstić information content (AvgIpc) is 2.43. The standard InChI is InChI=1S/C14H12N2O3/c15-13-9(7-17)3-1-5-11(13)19-12-6-2-4-10(8-18)14(12)16/h1-8H,15-16H2. The summed E-state index contributed by atoms with van der Waals surface area (Å²) >= 11 is 0. The van der Waals surface area contributed by atoms with E-state index in [1.807, 2.05) is 0 Å². The number of anilines is 2. The molecule has 96 valence electrons. The van der Waals surface area contributed by atoms with Crippen LogP contribution in [0.25, 0.3) is 0 Å². The van der Waals surface area contributed by atoms with Crippen LogP contribution in [0.4, 0.5) is 11.4 Å². The largest absolute Gasteiger partial charge is 0.453 e. The predicted molar refractivity (Wildman–Crippen MR) is 72.6 cm³/mol. The normalized spacial score (nSPS) is 9.89. The molecular formula is C14H12N2O3. The Hall–Kier alpha value is -2.82. The third-order valence-corrected chi connectivity index (χ3v) is 2.67. The van der Waals surface area contributed by atoms with Crippen LogP contribution >= 0.6 is 0 Å². The van der Waals surface area contributed by atoms with Gasteiger partial charge in [0.15, 0.2) is 24.1 Å². The number of hydrogen-bond acceptors (Lipinski definition) is 5. The topological polar surface area (TPSA) is 95.4 Å². The van der Waals surface area contributed by atoms with Crippen LogP contribution in [-0.2, 0) is 0 Å². The van der Waals surface area contributed by atoms with E-state index < -0.39 is 0 Å². The molecular weight excluding hydrogens is 244 g/mol. The van der Waals surface area contributed by atoms with Crippen molar-refractivity contribution < 1.29 is 14.3 Å². The molecule has 0 bridgehead atoms. The van der Waals surface area contributed by atoms with Crippen LogP contribution in [0.15, 0.2) is 36.4 Å². The number of nitrogens with two attached hydrogens (primary N) is 2. The van der Waals surface area contributed by atoms with Gasteiger partial charge in [0.05, 0.1) is 11.4 Å². The zero-order chi connectivity index (χ0) is 13.8. The second kappa shape index (κ2) is 5.22. The van der Waals surface area contributed by atoms with Crippen LogP contribution in [0.1, 0.15) is 20.7 Å². The molecule has 0 aromatic heterocycles. The first kappa shape index (κ1) is 12.6. The lowest BCUT2D eigenvalue weighted by Gasteiger charge is -2.12. The molecule has 2 rings (SSSR count). The van der Waals surface area contributed by atoms with Gasteiger partial charge in [-0.25, -0.2) is 0 Å². The zero-order valence-corrected chi connectivity index (χ0v) is 10.00. The molecule has 0 atom stereocenters. The molecule has 0 saturated heterocycles. The summed E-state index contributed by atoms with van der Waals surface area (Å²) in [5, 5.41) is 0. The molecule has 0 heterocycles. The smallest absolute Gasteiger partial charge is 0.152 e. The third-order valence-electron chi connectivity index (χ3n) is 2.67. The van der Waals surface area contributed by atoms with E-state index >= 15 is 0 Å². The molecule has 0 aliphatic heterocycles. The number of rotatable bonds is 4. The minimum absolute atomic E-state index is 0.230. The van der Waals surface area contributed by atoms with Gasteiger partial charge < -0.3 is 16.2 Å². The van der Waals surface area contributed by atoms with Gasteiger partial charge in [-0.05, 0) is 24.3 Å². The van der Waals surface area contributed by atoms with E-state index in [0.717, 1.165) is 0 Å². The molecule has 0 fully saturated rings. The lowest BCUT2D eigenvalue weighted by Crippen LogP contribution is -2.00.